The lowest BCUT2D eigenvalue weighted by molar-refractivity contribution is -0.136. The number of pyridine rings is 1. The number of carbonyl (C=O) groups excluding carboxylic acids is 1. The molecule has 0 radical (unpaired) electrons. The molecule has 1 N–H and O–H groups in total. The van der Waals surface area contributed by atoms with Crippen molar-refractivity contribution in [2.45, 2.75) is 31.0 Å². The fraction of sp³-hybridized carbons (Fsp3) is 0.281. The van der Waals surface area contributed by atoms with Crippen LogP contribution in [0, 0.1) is 6.92 Å². The van der Waals surface area contributed by atoms with Gasteiger partial charge < -0.3 is 19.5 Å². The second kappa shape index (κ2) is 14.8. The summed E-state index contributed by atoms with van der Waals surface area (Å²) in [6.07, 6.45) is 0.500. The molecule has 1 amide bonds. The van der Waals surface area contributed by atoms with Gasteiger partial charge in [0.15, 0.2) is 0 Å². The molecule has 4 rings (SSSR count). The number of ether oxygens (including phenoxy) is 2. The number of hydrogen-bond donors (Lipinski definition) is 1. The fourth-order valence-electron chi connectivity index (χ4n) is 4.06. The molecule has 3 aromatic carbocycles. The number of amides is 1. The largest absolute Gasteiger partial charge is 0.487 e. The highest BCUT2D eigenvalue weighted by Crippen LogP contribution is 2.44. The number of para-hydroxylation sites is 1. The summed E-state index contributed by atoms with van der Waals surface area (Å²) in [5.41, 5.74) is 3.80. The molecule has 7 nitrogen and oxygen atoms in total. The molecule has 0 aliphatic heterocycles. The van der Waals surface area contributed by atoms with Gasteiger partial charge in [0.25, 0.3) is 0 Å². The number of benzene rings is 3. The Kier molecular flexibility index (Phi) is 10.9. The van der Waals surface area contributed by atoms with Crippen LogP contribution in [0.15, 0.2) is 78.9 Å². The number of aromatic nitrogens is 1. The van der Waals surface area contributed by atoms with E-state index in [-0.39, 0.29) is 16.9 Å². The second-order valence-corrected chi connectivity index (χ2v) is 12.3. The second-order valence-electron chi connectivity index (χ2n) is 9.59. The molecule has 0 aliphatic carbocycles. The van der Waals surface area contributed by atoms with Gasteiger partial charge >= 0.3 is 5.97 Å². The Bertz CT molecular complexity index is 1490. The summed E-state index contributed by atoms with van der Waals surface area (Å²) in [7, 11) is 3.49. The molecular weight excluding hydrogens is 556 g/mol. The minimum absolute atomic E-state index is 0.0306. The van der Waals surface area contributed by atoms with Crippen molar-refractivity contribution >= 4 is 46.3 Å². The van der Waals surface area contributed by atoms with Crippen molar-refractivity contribution in [2.24, 2.45) is 0 Å². The molecule has 4 aromatic rings. The normalized spacial score (nSPS) is 11.7. The zero-order valence-corrected chi connectivity index (χ0v) is 25.0. The first kappa shape index (κ1) is 30.3. The topological polar surface area (TPSA) is 89.0 Å². The van der Waals surface area contributed by atoms with Crippen molar-refractivity contribution in [2.75, 3.05) is 25.6 Å². The lowest BCUT2D eigenvalue weighted by Crippen LogP contribution is -2.21. The minimum Gasteiger partial charge on any atom is -0.487 e. The molecule has 1 aromatic heterocycles. The first-order valence-corrected chi connectivity index (χ1v) is 15.4. The molecule has 0 saturated heterocycles. The number of carboxylic acids is 1. The summed E-state index contributed by atoms with van der Waals surface area (Å²) in [5.74, 6) is 2.39. The van der Waals surface area contributed by atoms with E-state index in [1.165, 1.54) is 0 Å². The third-order valence-electron chi connectivity index (χ3n) is 6.33. The maximum atomic E-state index is 12.1. The lowest BCUT2D eigenvalue weighted by Gasteiger charge is -2.21. The van der Waals surface area contributed by atoms with E-state index in [4.69, 9.17) is 14.6 Å². The van der Waals surface area contributed by atoms with Crippen LogP contribution in [-0.4, -0.2) is 52.5 Å². The van der Waals surface area contributed by atoms with Crippen LogP contribution in [0.1, 0.15) is 34.2 Å². The summed E-state index contributed by atoms with van der Waals surface area (Å²) in [5, 5.41) is 10.2. The van der Waals surface area contributed by atoms with Gasteiger partial charge in [-0.05, 0) is 48.4 Å². The predicted octanol–water partition coefficient (Wildman–Crippen LogP) is 7.33. The number of hydrogen-bond acceptors (Lipinski definition) is 7. The van der Waals surface area contributed by atoms with Crippen molar-refractivity contribution in [3.8, 4) is 17.2 Å². The van der Waals surface area contributed by atoms with Crippen LogP contribution in [0.5, 0.6) is 17.2 Å². The van der Waals surface area contributed by atoms with E-state index in [9.17, 15) is 9.59 Å². The van der Waals surface area contributed by atoms with Gasteiger partial charge in [0.2, 0.25) is 5.91 Å². The van der Waals surface area contributed by atoms with Crippen LogP contribution < -0.4 is 9.47 Å². The molecule has 41 heavy (non-hydrogen) atoms. The SMILES string of the molecule is Cc1c(Oc2cccc(OCc3ccc4ccccc4n3)c2)cccc1C(SCCC(=O)O)SCCC(=O)N(C)C. The molecule has 1 heterocycles. The Hall–Kier alpha value is -3.69. The quantitative estimate of drug-likeness (QED) is 0.153. The molecule has 0 aliphatic rings. The van der Waals surface area contributed by atoms with Crippen LogP contribution in [0.4, 0.5) is 0 Å². The van der Waals surface area contributed by atoms with Crippen molar-refractivity contribution in [3.63, 3.8) is 0 Å². The highest BCUT2D eigenvalue weighted by Gasteiger charge is 2.19. The molecule has 214 valence electrons. The number of rotatable bonds is 14. The Morgan fingerprint density at radius 3 is 2.41 bits per heavy atom. The van der Waals surface area contributed by atoms with Crippen LogP contribution in [-0.2, 0) is 16.2 Å². The number of carboxylic acid groups (broad SMARTS) is 1. The molecule has 0 spiro atoms. The van der Waals surface area contributed by atoms with Gasteiger partial charge in [0.05, 0.1) is 22.2 Å². The number of thioether (sulfide) groups is 2. The first-order chi connectivity index (χ1) is 19.8. The van der Waals surface area contributed by atoms with E-state index in [1.807, 2.05) is 85.8 Å². The van der Waals surface area contributed by atoms with Crippen LogP contribution in [0.3, 0.4) is 0 Å². The van der Waals surface area contributed by atoms with Crippen LogP contribution in [0.2, 0.25) is 0 Å². The summed E-state index contributed by atoms with van der Waals surface area (Å²) < 4.78 is 12.3. The average molecular weight is 591 g/mol. The maximum absolute atomic E-state index is 12.1. The van der Waals surface area contributed by atoms with Crippen LogP contribution >= 0.6 is 23.5 Å². The van der Waals surface area contributed by atoms with E-state index in [1.54, 1.807) is 42.5 Å². The lowest BCUT2D eigenvalue weighted by atomic mass is 10.1. The zero-order chi connectivity index (χ0) is 29.2. The summed E-state index contributed by atoms with van der Waals surface area (Å²) in [6, 6.07) is 25.4. The van der Waals surface area contributed by atoms with Gasteiger partial charge in [-0.2, -0.15) is 0 Å². The summed E-state index contributed by atoms with van der Waals surface area (Å²) in [4.78, 5) is 29.5. The number of carbonyl (C=O) groups is 2. The average Bonchev–Trinajstić information content (AvgIpc) is 2.96. The zero-order valence-electron chi connectivity index (χ0n) is 23.4. The van der Waals surface area contributed by atoms with Gasteiger partial charge in [0.1, 0.15) is 23.9 Å². The molecule has 1 atom stereocenters. The van der Waals surface area contributed by atoms with Crippen molar-refractivity contribution in [3.05, 3.63) is 95.7 Å². The standard InChI is InChI=1S/C32H34N2O5S2/c1-22-27(32(41-19-17-31(36)37)40-18-16-30(35)34(2)3)11-7-13-29(22)39-26-10-6-9-25(20-26)38-21-24-15-14-23-8-4-5-12-28(23)33-24/h4-15,20,32H,16-19,21H2,1-3H3,(H,36,37). The van der Waals surface area contributed by atoms with Crippen LogP contribution in [0.25, 0.3) is 10.9 Å². The molecule has 9 heteroatoms. The highest BCUT2D eigenvalue weighted by atomic mass is 32.2. The summed E-state index contributed by atoms with van der Waals surface area (Å²) in [6.45, 7) is 2.35. The van der Waals surface area contributed by atoms with Gasteiger partial charge in [-0.15, -0.1) is 23.5 Å². The minimum atomic E-state index is -0.823. The van der Waals surface area contributed by atoms with E-state index in [0.29, 0.717) is 41.8 Å². The molecular formula is C32H34N2O5S2. The van der Waals surface area contributed by atoms with Crippen molar-refractivity contribution in [1.82, 2.24) is 9.88 Å². The van der Waals surface area contributed by atoms with E-state index < -0.39 is 5.97 Å². The van der Waals surface area contributed by atoms with E-state index >= 15 is 0 Å². The van der Waals surface area contributed by atoms with Gasteiger partial charge in [-0.3, -0.25) is 9.59 Å². The number of nitrogens with zero attached hydrogens (tertiary/aromatic N) is 2. The van der Waals surface area contributed by atoms with Gasteiger partial charge in [-0.1, -0.05) is 42.5 Å². The van der Waals surface area contributed by atoms with Crippen molar-refractivity contribution < 1.29 is 24.2 Å². The fourth-order valence-corrected chi connectivity index (χ4v) is 6.90. The van der Waals surface area contributed by atoms with Crippen molar-refractivity contribution in [1.29, 1.82) is 0 Å². The smallest absolute Gasteiger partial charge is 0.304 e. The predicted molar refractivity (Wildman–Crippen MR) is 167 cm³/mol. The van der Waals surface area contributed by atoms with E-state index in [0.717, 1.165) is 27.7 Å². The third-order valence-corrected chi connectivity index (χ3v) is 9.13. The monoisotopic (exact) mass is 590 g/mol. The Labute approximate surface area is 249 Å². The molecule has 0 fully saturated rings. The van der Waals surface area contributed by atoms with Gasteiger partial charge in [-0.25, -0.2) is 4.98 Å². The van der Waals surface area contributed by atoms with E-state index in [2.05, 4.69) is 4.98 Å². The molecule has 0 bridgehead atoms. The third kappa shape index (κ3) is 8.90. The Balaban J connectivity index is 1.45. The number of fused-ring (bicyclic) bond motifs is 1. The Morgan fingerprint density at radius 1 is 0.902 bits per heavy atom. The Morgan fingerprint density at radius 2 is 1.63 bits per heavy atom. The highest BCUT2D eigenvalue weighted by molar-refractivity contribution is 8.16. The maximum Gasteiger partial charge on any atom is 0.304 e. The first-order valence-electron chi connectivity index (χ1n) is 13.3. The molecule has 0 saturated carbocycles. The summed E-state index contributed by atoms with van der Waals surface area (Å²) >= 11 is 3.23. The number of aliphatic carboxylic acids is 1. The van der Waals surface area contributed by atoms with Gasteiger partial charge in [0, 0.05) is 43.5 Å². The molecule has 1 unspecified atom stereocenters.